The molecule has 2 fully saturated rings. The highest BCUT2D eigenvalue weighted by atomic mass is 16.5. The third kappa shape index (κ3) is 5.59. The van der Waals surface area contributed by atoms with Crippen molar-refractivity contribution in [1.29, 1.82) is 0 Å². The van der Waals surface area contributed by atoms with Gasteiger partial charge in [-0.2, -0.15) is 5.10 Å². The van der Waals surface area contributed by atoms with Crippen LogP contribution in [0.4, 0.5) is 17.3 Å². The number of aryl methyl sites for hydroxylation is 1. The second kappa shape index (κ2) is 10.1. The molecule has 8 nitrogen and oxygen atoms in total. The van der Waals surface area contributed by atoms with E-state index in [1.165, 1.54) is 17.7 Å². The molecule has 0 bridgehead atoms. The van der Waals surface area contributed by atoms with E-state index in [2.05, 4.69) is 54.4 Å². The van der Waals surface area contributed by atoms with E-state index in [1.54, 1.807) is 0 Å². The lowest BCUT2D eigenvalue weighted by Gasteiger charge is -2.40. The van der Waals surface area contributed by atoms with Crippen LogP contribution in [0.15, 0.2) is 30.6 Å². The highest BCUT2D eigenvalue weighted by Gasteiger charge is 2.28. The van der Waals surface area contributed by atoms with Gasteiger partial charge in [-0.05, 0) is 82.9 Å². The van der Waals surface area contributed by atoms with Gasteiger partial charge in [0.1, 0.15) is 11.6 Å². The van der Waals surface area contributed by atoms with Gasteiger partial charge in [0.05, 0.1) is 6.20 Å². The summed E-state index contributed by atoms with van der Waals surface area (Å²) < 4.78 is 7.51. The number of pyridine rings is 2. The molecule has 0 spiro atoms. The molecule has 2 aliphatic heterocycles. The Hall–Kier alpha value is -2.71. The number of piperidine rings is 1. The first-order valence-electron chi connectivity index (χ1n) is 13.1. The van der Waals surface area contributed by atoms with Gasteiger partial charge in [0.15, 0.2) is 5.65 Å². The van der Waals surface area contributed by atoms with Crippen molar-refractivity contribution in [3.8, 4) is 0 Å². The first kappa shape index (κ1) is 24.0. The molecule has 0 aliphatic carbocycles. The maximum absolute atomic E-state index is 6.58. The van der Waals surface area contributed by atoms with Gasteiger partial charge in [-0.1, -0.05) is 0 Å². The van der Waals surface area contributed by atoms with Crippen LogP contribution in [0.5, 0.6) is 0 Å². The smallest absolute Gasteiger partial charge is 0.160 e. The van der Waals surface area contributed by atoms with E-state index < -0.39 is 0 Å². The lowest BCUT2D eigenvalue weighted by Crippen LogP contribution is -2.52. The minimum absolute atomic E-state index is 0.172. The van der Waals surface area contributed by atoms with E-state index in [0.717, 1.165) is 87.0 Å². The molecule has 35 heavy (non-hydrogen) atoms. The molecule has 3 N–H and O–H groups in total. The molecule has 5 heterocycles. The molecule has 0 unspecified atom stereocenters. The quantitative estimate of drug-likeness (QED) is 0.503. The summed E-state index contributed by atoms with van der Waals surface area (Å²) in [5.74, 6) is 2.31. The van der Waals surface area contributed by atoms with E-state index in [-0.39, 0.29) is 11.6 Å². The van der Waals surface area contributed by atoms with Crippen molar-refractivity contribution < 1.29 is 4.74 Å². The Bertz CT molecular complexity index is 1150. The fourth-order valence-electron chi connectivity index (χ4n) is 5.40. The van der Waals surface area contributed by atoms with Crippen LogP contribution in [-0.4, -0.2) is 51.6 Å². The minimum atomic E-state index is -0.172. The molecule has 2 aliphatic rings. The molecule has 188 valence electrons. The van der Waals surface area contributed by atoms with E-state index >= 15 is 0 Å². The molecule has 0 amide bonds. The number of ether oxygens (including phenoxy) is 1. The predicted octanol–water partition coefficient (Wildman–Crippen LogP) is 4.83. The zero-order chi connectivity index (χ0) is 24.4. The van der Waals surface area contributed by atoms with Crippen LogP contribution in [0.2, 0.25) is 0 Å². The van der Waals surface area contributed by atoms with Gasteiger partial charge in [0.2, 0.25) is 0 Å². The second-order valence-electron chi connectivity index (χ2n) is 10.9. The zero-order valence-corrected chi connectivity index (χ0v) is 21.3. The monoisotopic (exact) mass is 477 g/mol. The Morgan fingerprint density at radius 3 is 2.80 bits per heavy atom. The number of rotatable bonds is 7. The Morgan fingerprint density at radius 2 is 2.03 bits per heavy atom. The van der Waals surface area contributed by atoms with Gasteiger partial charge < -0.3 is 20.7 Å². The van der Waals surface area contributed by atoms with Gasteiger partial charge in [-0.25, -0.2) is 14.6 Å². The van der Waals surface area contributed by atoms with E-state index in [0.29, 0.717) is 0 Å². The zero-order valence-electron chi connectivity index (χ0n) is 21.3. The van der Waals surface area contributed by atoms with Gasteiger partial charge in [-0.3, -0.25) is 0 Å². The molecule has 1 atom stereocenters. The first-order chi connectivity index (χ1) is 16.9. The van der Waals surface area contributed by atoms with Crippen LogP contribution in [0.1, 0.15) is 64.5 Å². The molecule has 0 radical (unpaired) electrons. The molecule has 0 aromatic carbocycles. The summed E-state index contributed by atoms with van der Waals surface area (Å²) in [6, 6.07) is 6.49. The molecule has 8 heteroatoms. The number of hydrogen-bond donors (Lipinski definition) is 2. The van der Waals surface area contributed by atoms with Crippen LogP contribution in [0, 0.1) is 5.92 Å². The first-order valence-corrected chi connectivity index (χ1v) is 13.1. The normalized spacial score (nSPS) is 21.7. The van der Waals surface area contributed by atoms with E-state index in [4.69, 9.17) is 20.4 Å². The van der Waals surface area contributed by atoms with Crippen molar-refractivity contribution in [3.05, 3.63) is 36.2 Å². The summed E-state index contributed by atoms with van der Waals surface area (Å²) in [7, 11) is 0. The fraction of sp³-hybridized carbons (Fsp3) is 0.593. The van der Waals surface area contributed by atoms with Crippen LogP contribution in [0.25, 0.3) is 11.0 Å². The average Bonchev–Trinajstić information content (AvgIpc) is 3.27. The number of anilines is 3. The van der Waals surface area contributed by atoms with Gasteiger partial charge in [0, 0.05) is 61.2 Å². The second-order valence-corrected chi connectivity index (χ2v) is 10.9. The van der Waals surface area contributed by atoms with Gasteiger partial charge >= 0.3 is 0 Å². The SMILES string of the molecule is CC(C)n1ncc2ccc(Nc3cc(N4CCC[C@](C)(N)C4)c(CCC4CCOCC4)cn3)nc21. The lowest BCUT2D eigenvalue weighted by atomic mass is 9.90. The third-order valence-corrected chi connectivity index (χ3v) is 7.38. The summed E-state index contributed by atoms with van der Waals surface area (Å²) in [6.45, 7) is 10.1. The van der Waals surface area contributed by atoms with E-state index in [1.807, 2.05) is 16.9 Å². The third-order valence-electron chi connectivity index (χ3n) is 7.38. The van der Waals surface area contributed by atoms with Crippen molar-refractivity contribution in [2.24, 2.45) is 11.7 Å². The van der Waals surface area contributed by atoms with Crippen molar-refractivity contribution in [3.63, 3.8) is 0 Å². The predicted molar refractivity (Wildman–Crippen MR) is 141 cm³/mol. The average molecular weight is 478 g/mol. The van der Waals surface area contributed by atoms with Crippen LogP contribution in [0.3, 0.4) is 0 Å². The van der Waals surface area contributed by atoms with Crippen molar-refractivity contribution in [2.45, 2.75) is 70.9 Å². The Labute approximate surface area is 208 Å². The standard InChI is InChI=1S/C27H39N7O/c1-19(2)34-26-22(17-30-34)7-8-24(32-26)31-25-15-23(33-12-4-11-27(3,28)18-33)21(16-29-25)6-5-20-9-13-35-14-10-20/h7-8,15-17,19-20H,4-6,9-14,18,28H2,1-3H3,(H,29,31,32)/t27-/m0/s1. The highest BCUT2D eigenvalue weighted by Crippen LogP contribution is 2.32. The Kier molecular flexibility index (Phi) is 6.93. The maximum atomic E-state index is 6.58. The summed E-state index contributed by atoms with van der Waals surface area (Å²) in [6.07, 6.45) is 10.6. The Morgan fingerprint density at radius 1 is 1.20 bits per heavy atom. The number of nitrogens with two attached hydrogens (primary N) is 1. The Balaban J connectivity index is 1.41. The summed E-state index contributed by atoms with van der Waals surface area (Å²) in [5, 5.41) is 8.97. The van der Waals surface area contributed by atoms with Crippen molar-refractivity contribution in [1.82, 2.24) is 19.7 Å². The molecular weight excluding hydrogens is 438 g/mol. The van der Waals surface area contributed by atoms with Gasteiger partial charge in [-0.15, -0.1) is 0 Å². The van der Waals surface area contributed by atoms with Crippen LogP contribution < -0.4 is 16.0 Å². The molecular formula is C27H39N7O. The number of aromatic nitrogens is 4. The van der Waals surface area contributed by atoms with Gasteiger partial charge in [0.25, 0.3) is 0 Å². The number of hydrogen-bond acceptors (Lipinski definition) is 7. The highest BCUT2D eigenvalue weighted by molar-refractivity contribution is 5.77. The number of fused-ring (bicyclic) bond motifs is 1. The summed E-state index contributed by atoms with van der Waals surface area (Å²) in [5.41, 5.74) is 9.85. The summed E-state index contributed by atoms with van der Waals surface area (Å²) in [4.78, 5) is 12.1. The molecule has 3 aromatic rings. The number of nitrogens with one attached hydrogen (secondary N) is 1. The molecule has 5 rings (SSSR count). The van der Waals surface area contributed by atoms with Crippen molar-refractivity contribution >= 4 is 28.4 Å². The molecule has 3 aromatic heterocycles. The summed E-state index contributed by atoms with van der Waals surface area (Å²) >= 11 is 0. The van der Waals surface area contributed by atoms with Crippen LogP contribution in [-0.2, 0) is 11.2 Å². The van der Waals surface area contributed by atoms with Crippen molar-refractivity contribution in [2.75, 3.05) is 36.5 Å². The minimum Gasteiger partial charge on any atom is -0.381 e. The maximum Gasteiger partial charge on any atom is 0.160 e. The van der Waals surface area contributed by atoms with Crippen LogP contribution >= 0.6 is 0 Å². The van der Waals surface area contributed by atoms with E-state index in [9.17, 15) is 0 Å². The largest absolute Gasteiger partial charge is 0.381 e. The number of nitrogens with zero attached hydrogens (tertiary/aromatic N) is 5. The lowest BCUT2D eigenvalue weighted by molar-refractivity contribution is 0.0640. The molecule has 0 saturated carbocycles. The topological polar surface area (TPSA) is 94.1 Å². The fourth-order valence-corrected chi connectivity index (χ4v) is 5.40. The molecule has 2 saturated heterocycles.